The van der Waals surface area contributed by atoms with Crippen LogP contribution in [0.4, 0.5) is 5.13 Å². The van der Waals surface area contributed by atoms with E-state index in [0.29, 0.717) is 15.7 Å². The topological polar surface area (TPSA) is 78.7 Å². The van der Waals surface area contributed by atoms with Gasteiger partial charge < -0.3 is 5.32 Å². The van der Waals surface area contributed by atoms with Gasteiger partial charge in [-0.2, -0.15) is 5.26 Å². The Labute approximate surface area is 175 Å². The first-order valence-corrected chi connectivity index (χ1v) is 11.7. The van der Waals surface area contributed by atoms with Crippen LogP contribution in [0.3, 0.4) is 0 Å². The van der Waals surface area contributed by atoms with Crippen LogP contribution in [0.15, 0.2) is 34.0 Å². The summed E-state index contributed by atoms with van der Waals surface area (Å²) in [6.07, 6.45) is 4.20. The smallest absolute Gasteiger partial charge is 0.239 e. The van der Waals surface area contributed by atoms with Gasteiger partial charge in [-0.15, -0.1) is 22.7 Å². The van der Waals surface area contributed by atoms with Gasteiger partial charge in [-0.25, -0.2) is 9.97 Å². The lowest BCUT2D eigenvalue weighted by Crippen LogP contribution is -2.22. The number of rotatable bonds is 5. The number of pyridine rings is 1. The molecule has 3 aromatic rings. The highest BCUT2D eigenvalue weighted by Crippen LogP contribution is 2.31. The van der Waals surface area contributed by atoms with Crippen molar-refractivity contribution in [3.63, 3.8) is 0 Å². The summed E-state index contributed by atoms with van der Waals surface area (Å²) in [7, 11) is 0. The largest absolute Gasteiger partial charge is 0.301 e. The quantitative estimate of drug-likeness (QED) is 0.572. The molecule has 1 amide bonds. The highest BCUT2D eigenvalue weighted by atomic mass is 32.2. The summed E-state index contributed by atoms with van der Waals surface area (Å²) in [6, 6.07) is 8.17. The van der Waals surface area contributed by atoms with Crippen molar-refractivity contribution < 1.29 is 4.79 Å². The minimum Gasteiger partial charge on any atom is -0.301 e. The molecule has 28 heavy (non-hydrogen) atoms. The lowest BCUT2D eigenvalue weighted by atomic mass is 9.95. The molecule has 8 heteroatoms. The number of aromatic nitrogens is 2. The van der Waals surface area contributed by atoms with E-state index in [1.807, 2.05) is 35.9 Å². The number of nitrogens with zero attached hydrogens (tertiary/aromatic N) is 3. The van der Waals surface area contributed by atoms with E-state index in [1.54, 1.807) is 11.3 Å². The molecule has 5 nitrogen and oxygen atoms in total. The van der Waals surface area contributed by atoms with Crippen molar-refractivity contribution in [3.05, 3.63) is 45.8 Å². The number of aryl methyl sites for hydroxylation is 2. The van der Waals surface area contributed by atoms with E-state index in [2.05, 4.69) is 16.4 Å². The number of fused-ring (bicyclic) bond motifs is 1. The first kappa shape index (κ1) is 19.1. The Morgan fingerprint density at radius 2 is 2.18 bits per heavy atom. The summed E-state index contributed by atoms with van der Waals surface area (Å²) in [4.78, 5) is 22.9. The number of carbonyl (C=O) groups excluding carboxylic acids is 1. The van der Waals surface area contributed by atoms with E-state index in [0.717, 1.165) is 41.9 Å². The second kappa shape index (κ2) is 8.43. The molecule has 4 rings (SSSR count). The Kier molecular flexibility index (Phi) is 5.76. The molecule has 3 heterocycles. The fraction of sp³-hybridized carbons (Fsp3) is 0.300. The first-order valence-electron chi connectivity index (χ1n) is 9.04. The molecule has 0 saturated carbocycles. The molecule has 0 fully saturated rings. The highest BCUT2D eigenvalue weighted by Gasteiger charge is 2.21. The van der Waals surface area contributed by atoms with Gasteiger partial charge in [0.25, 0.3) is 0 Å². The van der Waals surface area contributed by atoms with Gasteiger partial charge in [-0.3, -0.25) is 4.79 Å². The SMILES string of the molecule is CC(Sc1nc2c(cc1C#N)CCCC2)C(=O)Nc1nc(-c2cccs2)cs1. The Balaban J connectivity index is 1.46. The van der Waals surface area contributed by atoms with Crippen LogP contribution in [0.1, 0.15) is 36.6 Å². The minimum atomic E-state index is -0.379. The van der Waals surface area contributed by atoms with Gasteiger partial charge >= 0.3 is 0 Å². The normalized spacial score (nSPS) is 14.1. The van der Waals surface area contributed by atoms with Crippen LogP contribution in [0.25, 0.3) is 10.6 Å². The fourth-order valence-electron chi connectivity index (χ4n) is 3.08. The van der Waals surface area contributed by atoms with Crippen LogP contribution < -0.4 is 5.32 Å². The number of carbonyl (C=O) groups is 1. The maximum atomic E-state index is 12.6. The van der Waals surface area contributed by atoms with Crippen LogP contribution in [0.2, 0.25) is 0 Å². The third-order valence-electron chi connectivity index (χ3n) is 4.55. The number of thiazole rings is 1. The average Bonchev–Trinajstić information content (AvgIpc) is 3.39. The monoisotopic (exact) mass is 426 g/mol. The molecule has 1 aliphatic carbocycles. The molecule has 0 bridgehead atoms. The standard InChI is InChI=1S/C20H18N4OS3/c1-12(18(25)24-20-23-16(11-27-20)17-7-4-8-26-17)28-19-14(10-21)9-13-5-2-3-6-15(13)22-19/h4,7-9,11-12H,2-3,5-6H2,1H3,(H,23,24,25). The van der Waals surface area contributed by atoms with Crippen molar-refractivity contribution in [2.45, 2.75) is 42.9 Å². The zero-order chi connectivity index (χ0) is 19.5. The summed E-state index contributed by atoms with van der Waals surface area (Å²) >= 11 is 4.37. The van der Waals surface area contributed by atoms with E-state index < -0.39 is 0 Å². The number of thioether (sulfide) groups is 1. The predicted molar refractivity (Wildman–Crippen MR) is 115 cm³/mol. The Bertz CT molecular complexity index is 1040. The predicted octanol–water partition coefficient (Wildman–Crippen LogP) is 5.14. The van der Waals surface area contributed by atoms with E-state index in [9.17, 15) is 10.1 Å². The zero-order valence-corrected chi connectivity index (χ0v) is 17.7. The van der Waals surface area contributed by atoms with Crippen LogP contribution in [0.5, 0.6) is 0 Å². The van der Waals surface area contributed by atoms with Gasteiger partial charge in [-0.05, 0) is 55.7 Å². The van der Waals surface area contributed by atoms with Crippen LogP contribution in [-0.2, 0) is 17.6 Å². The van der Waals surface area contributed by atoms with Gasteiger partial charge in [0, 0.05) is 11.1 Å². The third-order valence-corrected chi connectivity index (χ3v) is 7.30. The molecular formula is C20H18N4OS3. The molecule has 3 aromatic heterocycles. The summed E-state index contributed by atoms with van der Waals surface area (Å²) < 4.78 is 0. The average molecular weight is 427 g/mol. The maximum Gasteiger partial charge on any atom is 0.239 e. The Morgan fingerprint density at radius 1 is 1.32 bits per heavy atom. The summed E-state index contributed by atoms with van der Waals surface area (Å²) in [6.45, 7) is 1.83. The van der Waals surface area contributed by atoms with E-state index >= 15 is 0 Å². The van der Waals surface area contributed by atoms with Crippen LogP contribution >= 0.6 is 34.4 Å². The molecule has 0 saturated heterocycles. The Hall–Kier alpha value is -2.21. The number of anilines is 1. The van der Waals surface area contributed by atoms with Crippen molar-refractivity contribution in [1.82, 2.24) is 9.97 Å². The lowest BCUT2D eigenvalue weighted by Gasteiger charge is -2.17. The summed E-state index contributed by atoms with van der Waals surface area (Å²) in [5.74, 6) is -0.138. The lowest BCUT2D eigenvalue weighted by molar-refractivity contribution is -0.115. The number of nitriles is 1. The second-order valence-electron chi connectivity index (χ2n) is 6.53. The number of hydrogen-bond donors (Lipinski definition) is 1. The van der Waals surface area contributed by atoms with Crippen LogP contribution in [0, 0.1) is 11.3 Å². The first-order chi connectivity index (χ1) is 13.6. The molecule has 0 spiro atoms. The van der Waals surface area contributed by atoms with E-state index in [1.165, 1.54) is 28.7 Å². The van der Waals surface area contributed by atoms with Gasteiger partial charge in [0.2, 0.25) is 5.91 Å². The van der Waals surface area contributed by atoms with Crippen LogP contribution in [-0.4, -0.2) is 21.1 Å². The molecule has 1 N–H and O–H groups in total. The molecule has 1 atom stereocenters. The van der Waals surface area contributed by atoms with Crippen molar-refractivity contribution in [1.29, 1.82) is 5.26 Å². The number of nitrogens with one attached hydrogen (secondary N) is 1. The van der Waals surface area contributed by atoms with Gasteiger partial charge in [0.05, 0.1) is 21.4 Å². The minimum absolute atomic E-state index is 0.138. The summed E-state index contributed by atoms with van der Waals surface area (Å²) in [5.41, 5.74) is 3.67. The van der Waals surface area contributed by atoms with E-state index in [4.69, 9.17) is 4.98 Å². The summed E-state index contributed by atoms with van der Waals surface area (Å²) in [5, 5.41) is 17.2. The molecule has 0 aromatic carbocycles. The van der Waals surface area contributed by atoms with Gasteiger partial charge in [-0.1, -0.05) is 17.8 Å². The highest BCUT2D eigenvalue weighted by molar-refractivity contribution is 8.00. The molecule has 0 radical (unpaired) electrons. The van der Waals surface area contributed by atoms with Crippen molar-refractivity contribution in [3.8, 4) is 16.6 Å². The van der Waals surface area contributed by atoms with Gasteiger partial charge in [0.15, 0.2) is 5.13 Å². The fourth-order valence-corrected chi connectivity index (χ4v) is 5.45. The molecule has 1 aliphatic rings. The van der Waals surface area contributed by atoms with E-state index in [-0.39, 0.29) is 11.2 Å². The van der Waals surface area contributed by atoms with Crippen molar-refractivity contribution in [2.24, 2.45) is 0 Å². The second-order valence-corrected chi connectivity index (χ2v) is 9.67. The Morgan fingerprint density at radius 3 is 2.96 bits per heavy atom. The molecular weight excluding hydrogens is 408 g/mol. The number of thiophene rings is 1. The number of amides is 1. The number of hydrogen-bond acceptors (Lipinski definition) is 7. The maximum absolute atomic E-state index is 12.6. The zero-order valence-electron chi connectivity index (χ0n) is 15.3. The molecule has 1 unspecified atom stereocenters. The molecule has 0 aliphatic heterocycles. The van der Waals surface area contributed by atoms with Crippen molar-refractivity contribution in [2.75, 3.05) is 5.32 Å². The van der Waals surface area contributed by atoms with Gasteiger partial charge in [0.1, 0.15) is 11.1 Å². The van der Waals surface area contributed by atoms with Crippen molar-refractivity contribution >= 4 is 45.5 Å². The third kappa shape index (κ3) is 4.12. The molecule has 142 valence electrons.